The van der Waals surface area contributed by atoms with Gasteiger partial charge in [0, 0.05) is 17.4 Å². The Hall–Kier alpha value is -4.00. The van der Waals surface area contributed by atoms with Crippen LogP contribution in [0, 0.1) is 0 Å². The highest BCUT2D eigenvalue weighted by atomic mass is 16.5. The highest BCUT2D eigenvalue weighted by molar-refractivity contribution is 5.90. The van der Waals surface area contributed by atoms with Crippen LogP contribution >= 0.6 is 0 Å². The van der Waals surface area contributed by atoms with Crippen molar-refractivity contribution in [2.45, 2.75) is 6.54 Å². The molecular weight excluding hydrogens is 368 g/mol. The Bertz CT molecular complexity index is 1090. The summed E-state index contributed by atoms with van der Waals surface area (Å²) in [5.74, 6) is 1.62. The molecule has 0 radical (unpaired) electrons. The molecule has 3 N–H and O–H groups in total. The predicted molar refractivity (Wildman–Crippen MR) is 111 cm³/mol. The Morgan fingerprint density at radius 3 is 2.62 bits per heavy atom. The van der Waals surface area contributed by atoms with Crippen molar-refractivity contribution >= 4 is 22.6 Å². The van der Waals surface area contributed by atoms with Gasteiger partial charge in [0.2, 0.25) is 5.88 Å². The highest BCUT2D eigenvalue weighted by Gasteiger charge is 2.10. The Labute approximate surface area is 167 Å². The fourth-order valence-corrected chi connectivity index (χ4v) is 2.89. The van der Waals surface area contributed by atoms with Gasteiger partial charge < -0.3 is 25.1 Å². The molecule has 2 amide bonds. The monoisotopic (exact) mass is 388 g/mol. The molecule has 7 heteroatoms. The summed E-state index contributed by atoms with van der Waals surface area (Å²) in [4.78, 5) is 19.8. The van der Waals surface area contributed by atoms with E-state index in [1.54, 1.807) is 49.7 Å². The van der Waals surface area contributed by atoms with Crippen LogP contribution in [0.4, 0.5) is 10.5 Å². The first-order valence-electron chi connectivity index (χ1n) is 9.10. The minimum absolute atomic E-state index is 0.304. The number of anilines is 1. The third kappa shape index (κ3) is 4.47. The molecule has 0 saturated heterocycles. The summed E-state index contributed by atoms with van der Waals surface area (Å²) >= 11 is 0. The average Bonchev–Trinajstić information content (AvgIpc) is 3.17. The Morgan fingerprint density at radius 2 is 1.83 bits per heavy atom. The lowest BCUT2D eigenvalue weighted by molar-refractivity contribution is 0.251. The Balaban J connectivity index is 1.39. The Morgan fingerprint density at radius 1 is 1.03 bits per heavy atom. The minimum Gasteiger partial charge on any atom is -0.497 e. The van der Waals surface area contributed by atoms with Crippen molar-refractivity contribution in [3.8, 4) is 17.4 Å². The molecule has 0 saturated carbocycles. The number of hydrogen-bond donors (Lipinski definition) is 3. The van der Waals surface area contributed by atoms with Gasteiger partial charge in [0.25, 0.3) is 0 Å². The molecular formula is C22H20N4O3. The highest BCUT2D eigenvalue weighted by Crippen LogP contribution is 2.28. The van der Waals surface area contributed by atoms with Crippen molar-refractivity contribution in [2.75, 3.05) is 12.4 Å². The molecule has 0 aliphatic rings. The quantitative estimate of drug-likeness (QED) is 0.447. The maximum atomic E-state index is 12.4. The van der Waals surface area contributed by atoms with E-state index >= 15 is 0 Å². The molecule has 0 spiro atoms. The maximum absolute atomic E-state index is 12.4. The molecule has 0 unspecified atom stereocenters. The number of para-hydroxylation sites is 1. The SMILES string of the molecule is COc1ccc(Oc2ncccc2NC(=O)NCc2cc3ccccc3[nH]2)cc1. The summed E-state index contributed by atoms with van der Waals surface area (Å²) in [7, 11) is 1.60. The van der Waals surface area contributed by atoms with Crippen LogP contribution in [-0.2, 0) is 6.54 Å². The standard InChI is InChI=1S/C22H20N4O3/c1-28-17-8-10-18(11-9-17)29-21-20(7-4-12-23-21)26-22(27)24-14-16-13-15-5-2-3-6-19(15)25-16/h2-13,25H,14H2,1H3,(H2,24,26,27). The molecule has 2 aromatic heterocycles. The summed E-state index contributed by atoms with van der Waals surface area (Å²) in [6, 6.07) is 20.2. The van der Waals surface area contributed by atoms with Crippen LogP contribution < -0.4 is 20.1 Å². The molecule has 2 aromatic carbocycles. The van der Waals surface area contributed by atoms with Crippen molar-refractivity contribution < 1.29 is 14.3 Å². The molecule has 0 bridgehead atoms. The molecule has 7 nitrogen and oxygen atoms in total. The summed E-state index contributed by atoms with van der Waals surface area (Å²) in [6.45, 7) is 0.370. The summed E-state index contributed by atoms with van der Waals surface area (Å²) < 4.78 is 10.9. The first-order chi connectivity index (χ1) is 14.2. The number of fused-ring (bicyclic) bond motifs is 1. The van der Waals surface area contributed by atoms with Gasteiger partial charge >= 0.3 is 6.03 Å². The van der Waals surface area contributed by atoms with Crippen LogP contribution in [0.2, 0.25) is 0 Å². The molecule has 0 aliphatic heterocycles. The van der Waals surface area contributed by atoms with Gasteiger partial charge in [-0.05, 0) is 53.9 Å². The number of H-pyrrole nitrogens is 1. The number of aromatic nitrogens is 2. The summed E-state index contributed by atoms with van der Waals surface area (Å²) in [5.41, 5.74) is 2.42. The number of hydrogen-bond acceptors (Lipinski definition) is 4. The number of urea groups is 1. The number of methoxy groups -OCH3 is 1. The molecule has 2 heterocycles. The van der Waals surface area contributed by atoms with E-state index in [-0.39, 0.29) is 6.03 Å². The number of aromatic amines is 1. The molecule has 29 heavy (non-hydrogen) atoms. The minimum atomic E-state index is -0.351. The lowest BCUT2D eigenvalue weighted by Gasteiger charge is -2.12. The fraction of sp³-hybridized carbons (Fsp3) is 0.0909. The van der Waals surface area contributed by atoms with Crippen molar-refractivity contribution in [2.24, 2.45) is 0 Å². The number of carbonyl (C=O) groups excluding carboxylic acids is 1. The van der Waals surface area contributed by atoms with Gasteiger partial charge in [0.1, 0.15) is 17.2 Å². The van der Waals surface area contributed by atoms with E-state index < -0.39 is 0 Å². The van der Waals surface area contributed by atoms with Crippen molar-refractivity contribution in [3.05, 3.63) is 78.6 Å². The number of ether oxygens (including phenoxy) is 2. The first kappa shape index (κ1) is 18.4. The van der Waals surface area contributed by atoms with Crippen LogP contribution in [-0.4, -0.2) is 23.1 Å². The second-order valence-corrected chi connectivity index (χ2v) is 6.32. The molecule has 0 aliphatic carbocycles. The van der Waals surface area contributed by atoms with Gasteiger partial charge in [-0.15, -0.1) is 0 Å². The summed E-state index contributed by atoms with van der Waals surface area (Å²) in [6.07, 6.45) is 1.60. The summed E-state index contributed by atoms with van der Waals surface area (Å²) in [5, 5.41) is 6.72. The van der Waals surface area contributed by atoms with Crippen LogP contribution in [0.1, 0.15) is 5.69 Å². The van der Waals surface area contributed by atoms with Gasteiger partial charge in [-0.2, -0.15) is 0 Å². The van der Waals surface area contributed by atoms with Gasteiger partial charge in [-0.3, -0.25) is 0 Å². The van der Waals surface area contributed by atoms with Gasteiger partial charge in [0.15, 0.2) is 0 Å². The number of amides is 2. The smallest absolute Gasteiger partial charge is 0.319 e. The normalized spacial score (nSPS) is 10.5. The van der Waals surface area contributed by atoms with Crippen molar-refractivity contribution in [1.29, 1.82) is 0 Å². The van der Waals surface area contributed by atoms with E-state index in [1.165, 1.54) is 0 Å². The third-order valence-corrected chi connectivity index (χ3v) is 4.32. The first-order valence-corrected chi connectivity index (χ1v) is 9.10. The topological polar surface area (TPSA) is 88.3 Å². The second kappa shape index (κ2) is 8.35. The van der Waals surface area contributed by atoms with Crippen LogP contribution in [0.25, 0.3) is 10.9 Å². The average molecular weight is 388 g/mol. The molecule has 0 atom stereocenters. The van der Waals surface area contributed by atoms with Crippen LogP contribution in [0.3, 0.4) is 0 Å². The number of rotatable bonds is 6. The Kier molecular flexibility index (Phi) is 5.29. The number of benzene rings is 2. The fourth-order valence-electron chi connectivity index (χ4n) is 2.89. The van der Waals surface area contributed by atoms with Crippen molar-refractivity contribution in [1.82, 2.24) is 15.3 Å². The van der Waals surface area contributed by atoms with Crippen LogP contribution in [0.5, 0.6) is 17.4 Å². The molecule has 4 rings (SSSR count). The number of pyridine rings is 1. The van der Waals surface area contributed by atoms with Gasteiger partial charge in [0.05, 0.1) is 13.7 Å². The number of carbonyl (C=O) groups is 1. The van der Waals surface area contributed by atoms with Gasteiger partial charge in [-0.25, -0.2) is 9.78 Å². The third-order valence-electron chi connectivity index (χ3n) is 4.32. The molecule has 0 fully saturated rings. The van der Waals surface area contributed by atoms with E-state index in [0.29, 0.717) is 23.9 Å². The van der Waals surface area contributed by atoms with Crippen LogP contribution in [0.15, 0.2) is 72.9 Å². The zero-order chi connectivity index (χ0) is 20.1. The zero-order valence-corrected chi connectivity index (χ0v) is 15.8. The lowest BCUT2D eigenvalue weighted by Crippen LogP contribution is -2.28. The van der Waals surface area contributed by atoms with E-state index in [9.17, 15) is 4.79 Å². The van der Waals surface area contributed by atoms with E-state index in [2.05, 4.69) is 20.6 Å². The second-order valence-electron chi connectivity index (χ2n) is 6.32. The number of nitrogens with one attached hydrogen (secondary N) is 3. The zero-order valence-electron chi connectivity index (χ0n) is 15.8. The maximum Gasteiger partial charge on any atom is 0.319 e. The van der Waals surface area contributed by atoms with E-state index in [4.69, 9.17) is 9.47 Å². The van der Waals surface area contributed by atoms with E-state index in [0.717, 1.165) is 22.3 Å². The number of nitrogens with zero attached hydrogens (tertiary/aromatic N) is 1. The largest absolute Gasteiger partial charge is 0.497 e. The molecule has 4 aromatic rings. The van der Waals surface area contributed by atoms with Gasteiger partial charge in [-0.1, -0.05) is 18.2 Å². The lowest BCUT2D eigenvalue weighted by atomic mass is 10.2. The van der Waals surface area contributed by atoms with Crippen molar-refractivity contribution in [3.63, 3.8) is 0 Å². The molecule has 146 valence electrons. The van der Waals surface area contributed by atoms with E-state index in [1.807, 2.05) is 30.3 Å². The predicted octanol–water partition coefficient (Wildman–Crippen LogP) is 4.69.